The molecule has 0 aliphatic heterocycles. The number of amides is 1. The van der Waals surface area contributed by atoms with Gasteiger partial charge >= 0.3 is 0 Å². The number of likely N-dealkylation sites (N-methyl/N-ethyl adjacent to an activating group) is 1. The topological polar surface area (TPSA) is 62.7 Å². The highest BCUT2D eigenvalue weighted by Crippen LogP contribution is 2.21. The molecule has 1 aromatic heterocycles. The summed E-state index contributed by atoms with van der Waals surface area (Å²) < 4.78 is 5.58. The molecule has 0 atom stereocenters. The molecule has 0 saturated heterocycles. The molecular formula is C21H28N2O3. The zero-order chi connectivity index (χ0) is 19.2. The first kappa shape index (κ1) is 19.9. The number of aromatic nitrogens is 1. The molecule has 2 aromatic rings. The van der Waals surface area contributed by atoms with E-state index >= 15 is 0 Å². The van der Waals surface area contributed by atoms with Crippen LogP contribution in [0.25, 0.3) is 0 Å². The van der Waals surface area contributed by atoms with E-state index in [1.165, 1.54) is 0 Å². The van der Waals surface area contributed by atoms with Crippen molar-refractivity contribution < 1.29 is 14.6 Å². The van der Waals surface area contributed by atoms with E-state index in [9.17, 15) is 9.90 Å². The van der Waals surface area contributed by atoms with E-state index in [0.717, 1.165) is 5.69 Å². The minimum absolute atomic E-state index is 0.0461. The van der Waals surface area contributed by atoms with Crippen LogP contribution in [0.3, 0.4) is 0 Å². The molecule has 1 heterocycles. The van der Waals surface area contributed by atoms with Gasteiger partial charge in [-0.15, -0.1) is 0 Å². The zero-order valence-electron chi connectivity index (χ0n) is 16.0. The first-order chi connectivity index (χ1) is 12.4. The van der Waals surface area contributed by atoms with Crippen LogP contribution in [0, 0.1) is 0 Å². The number of ether oxygens (including phenoxy) is 1. The second-order valence-electron chi connectivity index (χ2n) is 6.64. The third kappa shape index (κ3) is 5.05. The summed E-state index contributed by atoms with van der Waals surface area (Å²) in [5, 5.41) is 10.1. The molecule has 0 aliphatic rings. The van der Waals surface area contributed by atoms with Crippen molar-refractivity contribution in [2.75, 3.05) is 19.7 Å². The van der Waals surface area contributed by atoms with Crippen LogP contribution in [0.2, 0.25) is 0 Å². The van der Waals surface area contributed by atoms with Gasteiger partial charge in [0.25, 0.3) is 5.91 Å². The Morgan fingerprint density at radius 3 is 2.54 bits per heavy atom. The maximum absolute atomic E-state index is 12.9. The summed E-state index contributed by atoms with van der Waals surface area (Å²) in [6.45, 7) is 8.96. The Morgan fingerprint density at radius 2 is 1.88 bits per heavy atom. The van der Waals surface area contributed by atoms with E-state index in [4.69, 9.17) is 4.74 Å². The van der Waals surface area contributed by atoms with Gasteiger partial charge < -0.3 is 14.7 Å². The van der Waals surface area contributed by atoms with E-state index < -0.39 is 5.60 Å². The van der Waals surface area contributed by atoms with Crippen LogP contribution in [0.15, 0.2) is 42.5 Å². The van der Waals surface area contributed by atoms with E-state index in [1.807, 2.05) is 50.2 Å². The first-order valence-corrected chi connectivity index (χ1v) is 9.06. The van der Waals surface area contributed by atoms with Crippen LogP contribution in [0.4, 0.5) is 0 Å². The van der Waals surface area contributed by atoms with Crippen molar-refractivity contribution in [3.63, 3.8) is 0 Å². The van der Waals surface area contributed by atoms with Gasteiger partial charge in [0.15, 0.2) is 0 Å². The highest BCUT2D eigenvalue weighted by molar-refractivity contribution is 5.96. The quantitative estimate of drug-likeness (QED) is 0.787. The summed E-state index contributed by atoms with van der Waals surface area (Å²) in [5.41, 5.74) is 1.08. The molecule has 0 fully saturated rings. The number of aliphatic hydroxyl groups is 1. The van der Waals surface area contributed by atoms with Crippen molar-refractivity contribution >= 4 is 5.91 Å². The van der Waals surface area contributed by atoms with Crippen molar-refractivity contribution in [2.45, 2.75) is 39.7 Å². The summed E-state index contributed by atoms with van der Waals surface area (Å²) >= 11 is 0. The van der Waals surface area contributed by atoms with Crippen molar-refractivity contribution in [3.8, 4) is 5.75 Å². The SMILES string of the molecule is CCOc1ccccc1C(=O)N(CC)CCc1cccc(C(C)(C)O)n1. The van der Waals surface area contributed by atoms with Crippen molar-refractivity contribution in [3.05, 3.63) is 59.4 Å². The first-order valence-electron chi connectivity index (χ1n) is 9.06. The molecule has 26 heavy (non-hydrogen) atoms. The summed E-state index contributed by atoms with van der Waals surface area (Å²) in [5.74, 6) is 0.566. The highest BCUT2D eigenvalue weighted by Gasteiger charge is 2.20. The van der Waals surface area contributed by atoms with Crippen LogP contribution in [-0.2, 0) is 12.0 Å². The number of rotatable bonds is 8. The predicted molar refractivity (Wildman–Crippen MR) is 102 cm³/mol. The minimum Gasteiger partial charge on any atom is -0.493 e. The van der Waals surface area contributed by atoms with Crippen molar-refractivity contribution in [1.29, 1.82) is 0 Å². The van der Waals surface area contributed by atoms with Crippen LogP contribution in [0.5, 0.6) is 5.75 Å². The van der Waals surface area contributed by atoms with Crippen LogP contribution in [0.1, 0.15) is 49.4 Å². The van der Waals surface area contributed by atoms with E-state index in [2.05, 4.69) is 4.98 Å². The zero-order valence-corrected chi connectivity index (χ0v) is 16.0. The average Bonchev–Trinajstić information content (AvgIpc) is 2.62. The Morgan fingerprint density at radius 1 is 1.15 bits per heavy atom. The number of benzene rings is 1. The largest absolute Gasteiger partial charge is 0.493 e. The smallest absolute Gasteiger partial charge is 0.257 e. The van der Waals surface area contributed by atoms with Crippen LogP contribution in [-0.4, -0.2) is 40.6 Å². The Kier molecular flexibility index (Phi) is 6.75. The molecule has 0 spiro atoms. The molecule has 140 valence electrons. The molecule has 1 aromatic carbocycles. The van der Waals surface area contributed by atoms with Gasteiger partial charge in [-0.3, -0.25) is 9.78 Å². The molecule has 0 radical (unpaired) electrons. The van der Waals surface area contributed by atoms with Gasteiger partial charge in [0.2, 0.25) is 0 Å². The Balaban J connectivity index is 2.12. The fraction of sp³-hybridized carbons (Fsp3) is 0.429. The van der Waals surface area contributed by atoms with E-state index in [0.29, 0.717) is 43.1 Å². The predicted octanol–water partition coefficient (Wildman–Crippen LogP) is 3.41. The lowest BCUT2D eigenvalue weighted by molar-refractivity contribution is 0.0727. The lowest BCUT2D eigenvalue weighted by Gasteiger charge is -2.22. The van der Waals surface area contributed by atoms with Crippen LogP contribution >= 0.6 is 0 Å². The lowest BCUT2D eigenvalue weighted by Crippen LogP contribution is -2.33. The molecule has 0 aliphatic carbocycles. The minimum atomic E-state index is -0.979. The molecule has 0 unspecified atom stereocenters. The highest BCUT2D eigenvalue weighted by atomic mass is 16.5. The second kappa shape index (κ2) is 8.81. The molecule has 2 rings (SSSR count). The van der Waals surface area contributed by atoms with Gasteiger partial charge in [0.1, 0.15) is 11.4 Å². The number of hydrogen-bond acceptors (Lipinski definition) is 4. The van der Waals surface area contributed by atoms with E-state index in [-0.39, 0.29) is 5.91 Å². The monoisotopic (exact) mass is 356 g/mol. The summed E-state index contributed by atoms with van der Waals surface area (Å²) in [4.78, 5) is 19.2. The number of hydrogen-bond donors (Lipinski definition) is 1. The maximum atomic E-state index is 12.9. The van der Waals surface area contributed by atoms with Gasteiger partial charge in [-0.1, -0.05) is 18.2 Å². The average molecular weight is 356 g/mol. The maximum Gasteiger partial charge on any atom is 0.257 e. The lowest BCUT2D eigenvalue weighted by atomic mass is 10.0. The molecule has 5 nitrogen and oxygen atoms in total. The third-order valence-electron chi connectivity index (χ3n) is 4.16. The van der Waals surface area contributed by atoms with Crippen molar-refractivity contribution in [2.24, 2.45) is 0 Å². The Labute approximate surface area is 155 Å². The standard InChI is InChI=1S/C21H28N2O3/c1-5-23(20(24)17-11-7-8-12-18(17)26-6-2)15-14-16-10-9-13-19(22-16)21(3,4)25/h7-13,25H,5-6,14-15H2,1-4H3. The van der Waals surface area contributed by atoms with E-state index in [1.54, 1.807) is 24.8 Å². The number of nitrogens with zero attached hydrogens (tertiary/aromatic N) is 2. The number of carbonyl (C=O) groups excluding carboxylic acids is 1. The molecule has 1 N–H and O–H groups in total. The van der Waals surface area contributed by atoms with Gasteiger partial charge in [-0.25, -0.2) is 0 Å². The normalized spacial score (nSPS) is 11.3. The fourth-order valence-corrected chi connectivity index (χ4v) is 2.71. The number of carbonyl (C=O) groups is 1. The molecule has 0 bridgehead atoms. The van der Waals surface area contributed by atoms with Gasteiger partial charge in [0.05, 0.1) is 17.9 Å². The third-order valence-corrected chi connectivity index (χ3v) is 4.16. The molecule has 5 heteroatoms. The number of pyridine rings is 1. The van der Waals surface area contributed by atoms with Gasteiger partial charge in [0, 0.05) is 25.2 Å². The number of para-hydroxylation sites is 1. The van der Waals surface area contributed by atoms with Crippen LogP contribution < -0.4 is 4.74 Å². The molecular weight excluding hydrogens is 328 g/mol. The molecule has 1 amide bonds. The molecule has 0 saturated carbocycles. The second-order valence-corrected chi connectivity index (χ2v) is 6.64. The van der Waals surface area contributed by atoms with Gasteiger partial charge in [-0.2, -0.15) is 0 Å². The summed E-state index contributed by atoms with van der Waals surface area (Å²) in [6, 6.07) is 12.9. The Bertz CT molecular complexity index is 738. The van der Waals surface area contributed by atoms with Gasteiger partial charge in [-0.05, 0) is 52.0 Å². The Hall–Kier alpha value is -2.40. The fourth-order valence-electron chi connectivity index (χ4n) is 2.71. The van der Waals surface area contributed by atoms with Crippen molar-refractivity contribution in [1.82, 2.24) is 9.88 Å². The summed E-state index contributed by atoms with van der Waals surface area (Å²) in [7, 11) is 0. The summed E-state index contributed by atoms with van der Waals surface area (Å²) in [6.07, 6.45) is 0.625.